The quantitative estimate of drug-likeness (QED) is 0.816. The number of carbonyl (C=O) groups is 1. The fourth-order valence-corrected chi connectivity index (χ4v) is 4.79. The molecule has 1 spiro atoms. The summed E-state index contributed by atoms with van der Waals surface area (Å²) in [6, 6.07) is 16.5. The highest BCUT2D eigenvalue weighted by Gasteiger charge is 2.42. The normalized spacial score (nSPS) is 22.1. The molecule has 0 radical (unpaired) electrons. The first-order valence-electron chi connectivity index (χ1n) is 10.3. The molecule has 4 rings (SSSR count). The molecule has 1 saturated heterocycles. The summed E-state index contributed by atoms with van der Waals surface area (Å²) in [5, 5.41) is 0. The van der Waals surface area contributed by atoms with Gasteiger partial charge in [-0.25, -0.2) is 0 Å². The maximum Gasteiger partial charge on any atom is 0.227 e. The Hall–Kier alpha value is -2.33. The minimum Gasteiger partial charge on any atom is -0.497 e. The Kier molecular flexibility index (Phi) is 5.40. The number of fused-ring (bicyclic) bond motifs is 1. The van der Waals surface area contributed by atoms with Crippen LogP contribution in [-0.2, 0) is 24.2 Å². The van der Waals surface area contributed by atoms with Crippen molar-refractivity contribution >= 4 is 5.91 Å². The molecule has 2 aliphatic heterocycles. The van der Waals surface area contributed by atoms with Gasteiger partial charge in [0.25, 0.3) is 0 Å². The van der Waals surface area contributed by atoms with E-state index in [0.717, 1.165) is 50.5 Å². The lowest BCUT2D eigenvalue weighted by atomic mass is 9.80. The lowest BCUT2D eigenvalue weighted by Crippen LogP contribution is -2.42. The fraction of sp³-hybridized carbons (Fsp3) is 0.458. The van der Waals surface area contributed by atoms with Crippen molar-refractivity contribution in [1.82, 2.24) is 9.80 Å². The molecule has 148 valence electrons. The van der Waals surface area contributed by atoms with Crippen LogP contribution in [0.5, 0.6) is 5.75 Å². The predicted molar refractivity (Wildman–Crippen MR) is 111 cm³/mol. The van der Waals surface area contributed by atoms with Gasteiger partial charge in [0, 0.05) is 25.0 Å². The van der Waals surface area contributed by atoms with Gasteiger partial charge in [0.2, 0.25) is 5.91 Å². The third-order valence-corrected chi connectivity index (χ3v) is 6.40. The Bertz CT molecular complexity index is 833. The van der Waals surface area contributed by atoms with Crippen LogP contribution in [0.2, 0.25) is 0 Å². The van der Waals surface area contributed by atoms with Crippen molar-refractivity contribution in [2.45, 2.75) is 32.7 Å². The number of hydrogen-bond donors (Lipinski definition) is 0. The van der Waals surface area contributed by atoms with E-state index in [1.807, 2.05) is 24.3 Å². The largest absolute Gasteiger partial charge is 0.497 e. The molecule has 4 heteroatoms. The molecule has 1 fully saturated rings. The Balaban J connectivity index is 1.57. The second-order valence-electron chi connectivity index (χ2n) is 8.34. The molecular formula is C24H30N2O2. The second kappa shape index (κ2) is 7.96. The van der Waals surface area contributed by atoms with E-state index in [4.69, 9.17) is 4.74 Å². The SMILES string of the molecule is CCN1CCC2(Cc3ccccc3CN(C(=O)Cc3ccc(OC)cc3)C2)C1. The average Bonchev–Trinajstić information content (AvgIpc) is 3.03. The zero-order valence-electron chi connectivity index (χ0n) is 17.0. The van der Waals surface area contributed by atoms with Crippen molar-refractivity contribution < 1.29 is 9.53 Å². The van der Waals surface area contributed by atoms with Gasteiger partial charge in [-0.1, -0.05) is 43.3 Å². The number of rotatable bonds is 4. The molecule has 28 heavy (non-hydrogen) atoms. The molecule has 0 bridgehead atoms. The molecule has 2 aromatic rings. The van der Waals surface area contributed by atoms with E-state index >= 15 is 0 Å². The van der Waals surface area contributed by atoms with Gasteiger partial charge in [-0.05, 0) is 54.8 Å². The van der Waals surface area contributed by atoms with Gasteiger partial charge in [0.1, 0.15) is 5.75 Å². The van der Waals surface area contributed by atoms with E-state index in [1.165, 1.54) is 17.5 Å². The summed E-state index contributed by atoms with van der Waals surface area (Å²) >= 11 is 0. The van der Waals surface area contributed by atoms with Crippen LogP contribution in [0.15, 0.2) is 48.5 Å². The smallest absolute Gasteiger partial charge is 0.227 e. The second-order valence-corrected chi connectivity index (χ2v) is 8.34. The Morgan fingerprint density at radius 3 is 2.50 bits per heavy atom. The van der Waals surface area contributed by atoms with Crippen molar-refractivity contribution in [2.24, 2.45) is 5.41 Å². The van der Waals surface area contributed by atoms with Gasteiger partial charge in [-0.2, -0.15) is 0 Å². The fourth-order valence-electron chi connectivity index (χ4n) is 4.79. The molecule has 2 heterocycles. The number of carbonyl (C=O) groups excluding carboxylic acids is 1. The third-order valence-electron chi connectivity index (χ3n) is 6.40. The third kappa shape index (κ3) is 3.93. The average molecular weight is 379 g/mol. The molecule has 1 atom stereocenters. The minimum atomic E-state index is 0.179. The highest BCUT2D eigenvalue weighted by atomic mass is 16.5. The summed E-state index contributed by atoms with van der Waals surface area (Å²) in [6.45, 7) is 7.12. The van der Waals surface area contributed by atoms with Crippen LogP contribution in [0.1, 0.15) is 30.0 Å². The number of benzene rings is 2. The monoisotopic (exact) mass is 378 g/mol. The van der Waals surface area contributed by atoms with E-state index < -0.39 is 0 Å². The van der Waals surface area contributed by atoms with Crippen LogP contribution in [-0.4, -0.2) is 49.0 Å². The number of methoxy groups -OCH3 is 1. The van der Waals surface area contributed by atoms with E-state index in [-0.39, 0.29) is 11.3 Å². The lowest BCUT2D eigenvalue weighted by Gasteiger charge is -2.33. The summed E-state index contributed by atoms with van der Waals surface area (Å²) in [6.07, 6.45) is 2.69. The predicted octanol–water partition coefficient (Wildman–Crippen LogP) is 3.53. The molecule has 0 aliphatic carbocycles. The standard InChI is InChI=1S/C24H30N2O2/c1-3-25-13-12-24(17-25)15-20-6-4-5-7-21(20)16-26(18-24)23(27)14-19-8-10-22(28-2)11-9-19/h4-11H,3,12-18H2,1-2H3. The topological polar surface area (TPSA) is 32.8 Å². The van der Waals surface area contributed by atoms with Crippen LogP contribution in [0, 0.1) is 5.41 Å². The lowest BCUT2D eigenvalue weighted by molar-refractivity contribution is -0.132. The Labute approximate surface area is 168 Å². The van der Waals surface area contributed by atoms with Crippen molar-refractivity contribution in [3.63, 3.8) is 0 Å². The summed E-state index contributed by atoms with van der Waals surface area (Å²) in [4.78, 5) is 17.9. The minimum absolute atomic E-state index is 0.179. The first-order valence-corrected chi connectivity index (χ1v) is 10.3. The highest BCUT2D eigenvalue weighted by Crippen LogP contribution is 2.38. The van der Waals surface area contributed by atoms with Crippen molar-refractivity contribution in [1.29, 1.82) is 0 Å². The molecule has 2 aliphatic rings. The summed E-state index contributed by atoms with van der Waals surface area (Å²) in [5.74, 6) is 1.04. The summed E-state index contributed by atoms with van der Waals surface area (Å²) < 4.78 is 5.23. The van der Waals surface area contributed by atoms with E-state index in [1.54, 1.807) is 7.11 Å². The molecule has 0 aromatic heterocycles. The summed E-state index contributed by atoms with van der Waals surface area (Å²) in [7, 11) is 1.66. The van der Waals surface area contributed by atoms with Gasteiger partial charge >= 0.3 is 0 Å². The first-order chi connectivity index (χ1) is 13.6. The zero-order valence-corrected chi connectivity index (χ0v) is 17.0. The number of amides is 1. The van der Waals surface area contributed by atoms with E-state index in [0.29, 0.717) is 6.42 Å². The molecule has 4 nitrogen and oxygen atoms in total. The van der Waals surface area contributed by atoms with Crippen LogP contribution < -0.4 is 4.74 Å². The molecule has 0 N–H and O–H groups in total. The van der Waals surface area contributed by atoms with Crippen LogP contribution in [0.25, 0.3) is 0 Å². The Morgan fingerprint density at radius 2 is 1.82 bits per heavy atom. The van der Waals surface area contributed by atoms with Crippen molar-refractivity contribution in [3.8, 4) is 5.75 Å². The van der Waals surface area contributed by atoms with Crippen LogP contribution >= 0.6 is 0 Å². The van der Waals surface area contributed by atoms with Crippen LogP contribution in [0.4, 0.5) is 0 Å². The zero-order chi connectivity index (χ0) is 19.6. The molecule has 0 saturated carbocycles. The first kappa shape index (κ1) is 19.0. The van der Waals surface area contributed by atoms with Gasteiger partial charge < -0.3 is 14.5 Å². The Morgan fingerprint density at radius 1 is 1.07 bits per heavy atom. The van der Waals surface area contributed by atoms with E-state index in [9.17, 15) is 4.79 Å². The number of ether oxygens (including phenoxy) is 1. The summed E-state index contributed by atoms with van der Waals surface area (Å²) in [5.41, 5.74) is 3.94. The van der Waals surface area contributed by atoms with Crippen molar-refractivity contribution in [2.75, 3.05) is 33.3 Å². The van der Waals surface area contributed by atoms with Gasteiger partial charge in [-0.3, -0.25) is 4.79 Å². The number of likely N-dealkylation sites (tertiary alicyclic amines) is 1. The van der Waals surface area contributed by atoms with Crippen molar-refractivity contribution in [3.05, 3.63) is 65.2 Å². The molecule has 1 unspecified atom stereocenters. The van der Waals surface area contributed by atoms with Gasteiger partial charge in [0.15, 0.2) is 0 Å². The molecular weight excluding hydrogens is 348 g/mol. The maximum absolute atomic E-state index is 13.3. The maximum atomic E-state index is 13.3. The number of nitrogens with zero attached hydrogens (tertiary/aromatic N) is 2. The van der Waals surface area contributed by atoms with E-state index in [2.05, 4.69) is 41.0 Å². The van der Waals surface area contributed by atoms with Crippen LogP contribution in [0.3, 0.4) is 0 Å². The highest BCUT2D eigenvalue weighted by molar-refractivity contribution is 5.79. The van der Waals surface area contributed by atoms with Gasteiger partial charge in [0.05, 0.1) is 13.5 Å². The number of hydrogen-bond acceptors (Lipinski definition) is 3. The molecule has 2 aromatic carbocycles. The van der Waals surface area contributed by atoms with Gasteiger partial charge in [-0.15, -0.1) is 0 Å². The molecule has 1 amide bonds.